The van der Waals surface area contributed by atoms with Crippen LogP contribution in [-0.4, -0.2) is 26.3 Å². The fraction of sp³-hybridized carbons (Fsp3) is 0.267. The average Bonchev–Trinajstić information content (AvgIpc) is 3.19. The minimum atomic E-state index is 0.561. The van der Waals surface area contributed by atoms with E-state index in [9.17, 15) is 0 Å². The van der Waals surface area contributed by atoms with Crippen LogP contribution in [0.2, 0.25) is 0 Å². The minimum Gasteiger partial charge on any atom is -0.419 e. The van der Waals surface area contributed by atoms with Crippen molar-refractivity contribution in [3.63, 3.8) is 0 Å². The van der Waals surface area contributed by atoms with Crippen LogP contribution < -0.4 is 5.32 Å². The van der Waals surface area contributed by atoms with Crippen molar-refractivity contribution in [2.24, 2.45) is 0 Å². The van der Waals surface area contributed by atoms with Crippen LogP contribution in [0.25, 0.3) is 11.5 Å². The Kier molecular flexibility index (Phi) is 4.38. The number of benzene rings is 1. The second kappa shape index (κ2) is 6.81. The molecule has 0 aliphatic carbocycles. The molecule has 0 saturated carbocycles. The number of nitrogens with one attached hydrogen (secondary N) is 1. The second-order valence-corrected chi connectivity index (χ2v) is 4.70. The topological polar surface area (TPSA) is 68.8 Å². The van der Waals surface area contributed by atoms with Gasteiger partial charge in [0, 0.05) is 24.5 Å². The van der Waals surface area contributed by atoms with Gasteiger partial charge in [-0.15, -0.1) is 10.2 Å². The van der Waals surface area contributed by atoms with E-state index in [0.29, 0.717) is 18.3 Å². The van der Waals surface area contributed by atoms with Crippen LogP contribution in [0.4, 0.5) is 0 Å². The molecule has 21 heavy (non-hydrogen) atoms. The van der Waals surface area contributed by atoms with E-state index in [4.69, 9.17) is 4.42 Å². The largest absolute Gasteiger partial charge is 0.419 e. The molecule has 6 heteroatoms. The second-order valence-electron chi connectivity index (χ2n) is 4.70. The van der Waals surface area contributed by atoms with Crippen molar-refractivity contribution in [1.29, 1.82) is 0 Å². The van der Waals surface area contributed by atoms with Crippen molar-refractivity contribution >= 4 is 0 Å². The molecule has 0 spiro atoms. The summed E-state index contributed by atoms with van der Waals surface area (Å²) in [7, 11) is 0. The lowest BCUT2D eigenvalue weighted by atomic mass is 10.2. The maximum absolute atomic E-state index is 5.62. The molecule has 0 radical (unpaired) electrons. The number of rotatable bonds is 7. The van der Waals surface area contributed by atoms with Crippen LogP contribution in [0.1, 0.15) is 12.3 Å². The number of hydrogen-bond acceptors (Lipinski definition) is 5. The first-order valence-electron chi connectivity index (χ1n) is 6.96. The molecule has 0 fully saturated rings. The first-order valence-corrected chi connectivity index (χ1v) is 6.96. The van der Waals surface area contributed by atoms with Crippen LogP contribution in [0, 0.1) is 0 Å². The summed E-state index contributed by atoms with van der Waals surface area (Å²) in [6, 6.07) is 9.77. The maximum Gasteiger partial charge on any atom is 0.247 e. The Labute approximate surface area is 122 Å². The lowest BCUT2D eigenvalue weighted by Gasteiger charge is -2.02. The van der Waals surface area contributed by atoms with Crippen LogP contribution in [0.5, 0.6) is 0 Å². The summed E-state index contributed by atoms with van der Waals surface area (Å²) in [5.41, 5.74) is 0.941. The molecule has 1 aromatic carbocycles. The quantitative estimate of drug-likeness (QED) is 0.673. The molecule has 0 aliphatic rings. The van der Waals surface area contributed by atoms with E-state index in [0.717, 1.165) is 25.1 Å². The average molecular weight is 283 g/mol. The number of hydrogen-bond donors (Lipinski definition) is 1. The first-order chi connectivity index (χ1) is 10.4. The third kappa shape index (κ3) is 3.76. The summed E-state index contributed by atoms with van der Waals surface area (Å²) in [5.74, 6) is 1.17. The Morgan fingerprint density at radius 1 is 1.14 bits per heavy atom. The summed E-state index contributed by atoms with van der Waals surface area (Å²) in [4.78, 5) is 4.01. The van der Waals surface area contributed by atoms with Crippen LogP contribution >= 0.6 is 0 Å². The zero-order chi connectivity index (χ0) is 14.3. The van der Waals surface area contributed by atoms with Gasteiger partial charge in [-0.05, 0) is 25.1 Å². The first kappa shape index (κ1) is 13.5. The van der Waals surface area contributed by atoms with Crippen molar-refractivity contribution in [2.45, 2.75) is 19.5 Å². The molecule has 0 amide bonds. The monoisotopic (exact) mass is 283 g/mol. The highest BCUT2D eigenvalue weighted by Crippen LogP contribution is 2.16. The predicted octanol–water partition coefficient (Wildman–Crippen LogP) is 2.11. The van der Waals surface area contributed by atoms with Gasteiger partial charge in [0.15, 0.2) is 0 Å². The van der Waals surface area contributed by atoms with E-state index in [1.165, 1.54) is 0 Å². The lowest BCUT2D eigenvalue weighted by molar-refractivity contribution is 0.470. The highest BCUT2D eigenvalue weighted by atomic mass is 16.4. The van der Waals surface area contributed by atoms with Crippen LogP contribution in [0.15, 0.2) is 53.5 Å². The summed E-state index contributed by atoms with van der Waals surface area (Å²) < 4.78 is 7.68. The summed E-state index contributed by atoms with van der Waals surface area (Å²) in [5, 5.41) is 11.4. The zero-order valence-corrected chi connectivity index (χ0v) is 11.6. The van der Waals surface area contributed by atoms with Crippen molar-refractivity contribution in [3.8, 4) is 11.5 Å². The Hall–Kier alpha value is -2.47. The molecular formula is C15H17N5O. The third-order valence-electron chi connectivity index (χ3n) is 3.09. The van der Waals surface area contributed by atoms with Gasteiger partial charge < -0.3 is 14.3 Å². The molecule has 3 rings (SSSR count). The molecule has 3 aromatic rings. The van der Waals surface area contributed by atoms with E-state index in [1.807, 2.05) is 42.9 Å². The lowest BCUT2D eigenvalue weighted by Crippen LogP contribution is -2.16. The molecule has 108 valence electrons. The minimum absolute atomic E-state index is 0.561. The smallest absolute Gasteiger partial charge is 0.247 e. The molecule has 0 saturated heterocycles. The van der Waals surface area contributed by atoms with Gasteiger partial charge in [-0.3, -0.25) is 0 Å². The molecule has 2 aromatic heterocycles. The number of imidazole rings is 1. The molecule has 0 unspecified atom stereocenters. The summed E-state index contributed by atoms with van der Waals surface area (Å²) >= 11 is 0. The van der Waals surface area contributed by atoms with Crippen molar-refractivity contribution < 1.29 is 4.42 Å². The third-order valence-corrected chi connectivity index (χ3v) is 3.09. The molecular weight excluding hydrogens is 266 g/mol. The summed E-state index contributed by atoms with van der Waals surface area (Å²) in [6.45, 7) is 2.43. The summed E-state index contributed by atoms with van der Waals surface area (Å²) in [6.07, 6.45) is 6.60. The zero-order valence-electron chi connectivity index (χ0n) is 11.6. The molecule has 1 N–H and O–H groups in total. The normalized spacial score (nSPS) is 10.9. The molecule has 2 heterocycles. The van der Waals surface area contributed by atoms with E-state index in [-0.39, 0.29) is 0 Å². The standard InChI is InChI=1S/C15H17N5O/c1-2-5-13(6-3-1)15-19-18-14(21-15)11-16-7-4-9-20-10-8-17-12-20/h1-3,5-6,8,10,12,16H,4,7,9,11H2. The van der Waals surface area contributed by atoms with Gasteiger partial charge in [0.05, 0.1) is 12.9 Å². The molecule has 0 atom stereocenters. The Morgan fingerprint density at radius 3 is 2.86 bits per heavy atom. The SMILES string of the molecule is c1ccc(-c2nnc(CNCCCn3ccnc3)o2)cc1. The molecule has 6 nitrogen and oxygen atoms in total. The van der Waals surface area contributed by atoms with Gasteiger partial charge in [-0.1, -0.05) is 18.2 Å². The maximum atomic E-state index is 5.62. The number of aromatic nitrogens is 4. The fourth-order valence-electron chi connectivity index (χ4n) is 2.02. The Balaban J connectivity index is 1.43. The Bertz CT molecular complexity index is 648. The van der Waals surface area contributed by atoms with Crippen molar-refractivity contribution in [3.05, 3.63) is 54.9 Å². The highest BCUT2D eigenvalue weighted by Gasteiger charge is 2.07. The van der Waals surface area contributed by atoms with E-state index < -0.39 is 0 Å². The van der Waals surface area contributed by atoms with E-state index in [1.54, 1.807) is 6.20 Å². The van der Waals surface area contributed by atoms with Gasteiger partial charge in [0.2, 0.25) is 11.8 Å². The van der Waals surface area contributed by atoms with Gasteiger partial charge in [0.25, 0.3) is 0 Å². The highest BCUT2D eigenvalue weighted by molar-refractivity contribution is 5.51. The van der Waals surface area contributed by atoms with Gasteiger partial charge >= 0.3 is 0 Å². The molecule has 0 bridgehead atoms. The van der Waals surface area contributed by atoms with E-state index >= 15 is 0 Å². The van der Waals surface area contributed by atoms with Crippen molar-refractivity contribution in [1.82, 2.24) is 25.1 Å². The fourth-order valence-corrected chi connectivity index (χ4v) is 2.02. The van der Waals surface area contributed by atoms with Gasteiger partial charge in [0.1, 0.15) is 0 Å². The van der Waals surface area contributed by atoms with Crippen molar-refractivity contribution in [2.75, 3.05) is 6.54 Å². The van der Waals surface area contributed by atoms with Crippen LogP contribution in [0.3, 0.4) is 0 Å². The number of nitrogens with zero attached hydrogens (tertiary/aromatic N) is 4. The van der Waals surface area contributed by atoms with Crippen LogP contribution in [-0.2, 0) is 13.1 Å². The van der Waals surface area contributed by atoms with E-state index in [2.05, 4.69) is 25.1 Å². The number of aryl methyl sites for hydroxylation is 1. The molecule has 0 aliphatic heterocycles. The predicted molar refractivity (Wildman–Crippen MR) is 78.3 cm³/mol. The van der Waals surface area contributed by atoms with Gasteiger partial charge in [-0.2, -0.15) is 0 Å². The van der Waals surface area contributed by atoms with Gasteiger partial charge in [-0.25, -0.2) is 4.98 Å². The Morgan fingerprint density at radius 2 is 2.05 bits per heavy atom.